The van der Waals surface area contributed by atoms with Crippen LogP contribution in [0.25, 0.3) is 22.2 Å². The lowest BCUT2D eigenvalue weighted by molar-refractivity contribution is 0.582. The first-order valence-electron chi connectivity index (χ1n) is 4.40. The van der Waals surface area contributed by atoms with Gasteiger partial charge in [0.1, 0.15) is 5.76 Å². The van der Waals surface area contributed by atoms with Crippen molar-refractivity contribution in [3.63, 3.8) is 0 Å². The molecule has 3 nitrogen and oxygen atoms in total. The first-order valence-corrected chi connectivity index (χ1v) is 4.40. The summed E-state index contributed by atoms with van der Waals surface area (Å²) in [5.41, 5.74) is 2.12. The molecular weight excluding hydrogens is 176 g/mol. The normalized spacial score (nSPS) is 10.9. The van der Waals surface area contributed by atoms with E-state index < -0.39 is 0 Å². The number of fused-ring (bicyclic) bond motifs is 1. The van der Waals surface area contributed by atoms with Gasteiger partial charge in [-0.3, -0.25) is 5.10 Å². The molecule has 14 heavy (non-hydrogen) atoms. The minimum Gasteiger partial charge on any atom is -0.464 e. The van der Waals surface area contributed by atoms with E-state index in [4.69, 9.17) is 4.42 Å². The maximum Gasteiger partial charge on any atom is 0.133 e. The first-order chi connectivity index (χ1) is 6.93. The second-order valence-electron chi connectivity index (χ2n) is 3.15. The van der Waals surface area contributed by atoms with Gasteiger partial charge in [-0.15, -0.1) is 0 Å². The molecule has 2 heterocycles. The fourth-order valence-corrected chi connectivity index (χ4v) is 1.54. The van der Waals surface area contributed by atoms with Crippen LogP contribution in [-0.4, -0.2) is 10.2 Å². The zero-order valence-electron chi connectivity index (χ0n) is 7.40. The van der Waals surface area contributed by atoms with E-state index in [2.05, 4.69) is 16.3 Å². The number of hydrogen-bond acceptors (Lipinski definition) is 2. The van der Waals surface area contributed by atoms with Gasteiger partial charge in [-0.25, -0.2) is 0 Å². The standard InChI is InChI=1S/C11H8N2O/c1-2-11(14-5-1)8-3-4-10-9(6-8)7-12-13-10/h1-7H,(H,12,13). The summed E-state index contributed by atoms with van der Waals surface area (Å²) in [6.45, 7) is 0. The third-order valence-corrected chi connectivity index (χ3v) is 2.25. The van der Waals surface area contributed by atoms with Crippen LogP contribution in [0, 0.1) is 0 Å². The zero-order valence-corrected chi connectivity index (χ0v) is 7.40. The molecule has 3 rings (SSSR count). The van der Waals surface area contributed by atoms with Crippen molar-refractivity contribution in [2.24, 2.45) is 0 Å². The van der Waals surface area contributed by atoms with Crippen LogP contribution >= 0.6 is 0 Å². The van der Waals surface area contributed by atoms with E-state index in [1.165, 1.54) is 0 Å². The molecule has 3 aromatic rings. The summed E-state index contributed by atoms with van der Waals surface area (Å²) in [7, 11) is 0. The molecule has 3 heteroatoms. The molecule has 0 amide bonds. The van der Waals surface area contributed by atoms with Gasteiger partial charge in [0.2, 0.25) is 0 Å². The van der Waals surface area contributed by atoms with E-state index in [1.54, 1.807) is 6.26 Å². The van der Waals surface area contributed by atoms with Crippen LogP contribution in [0.15, 0.2) is 47.2 Å². The minimum atomic E-state index is 0.883. The quantitative estimate of drug-likeness (QED) is 0.631. The third-order valence-electron chi connectivity index (χ3n) is 2.25. The number of furan rings is 1. The summed E-state index contributed by atoms with van der Waals surface area (Å²) < 4.78 is 5.31. The van der Waals surface area contributed by atoms with Crippen molar-refractivity contribution >= 4 is 10.9 Å². The molecule has 0 saturated heterocycles. The summed E-state index contributed by atoms with van der Waals surface area (Å²) in [6, 6.07) is 9.90. The minimum absolute atomic E-state index is 0.883. The fraction of sp³-hybridized carbons (Fsp3) is 0. The van der Waals surface area contributed by atoms with Crippen molar-refractivity contribution in [1.82, 2.24) is 10.2 Å². The number of H-pyrrole nitrogens is 1. The fourth-order valence-electron chi connectivity index (χ4n) is 1.54. The van der Waals surface area contributed by atoms with E-state index in [1.807, 2.05) is 30.5 Å². The molecule has 0 radical (unpaired) electrons. The van der Waals surface area contributed by atoms with Gasteiger partial charge in [0.25, 0.3) is 0 Å². The lowest BCUT2D eigenvalue weighted by atomic mass is 10.1. The Bertz CT molecular complexity index is 551. The van der Waals surface area contributed by atoms with E-state index in [0.717, 1.165) is 22.2 Å². The van der Waals surface area contributed by atoms with Crippen LogP contribution in [-0.2, 0) is 0 Å². The van der Waals surface area contributed by atoms with Crippen LogP contribution in [0.3, 0.4) is 0 Å². The van der Waals surface area contributed by atoms with E-state index in [0.29, 0.717) is 0 Å². The summed E-state index contributed by atoms with van der Waals surface area (Å²) in [4.78, 5) is 0. The van der Waals surface area contributed by atoms with Gasteiger partial charge in [0.05, 0.1) is 18.0 Å². The SMILES string of the molecule is c1coc(-c2ccc3[nH]ncc3c2)c1. The molecule has 1 aromatic carbocycles. The Hall–Kier alpha value is -2.03. The number of nitrogens with one attached hydrogen (secondary N) is 1. The smallest absolute Gasteiger partial charge is 0.133 e. The Labute approximate surface area is 80.4 Å². The summed E-state index contributed by atoms with van der Waals surface area (Å²) >= 11 is 0. The molecule has 0 aliphatic heterocycles. The molecule has 0 saturated carbocycles. The molecule has 0 fully saturated rings. The van der Waals surface area contributed by atoms with E-state index >= 15 is 0 Å². The topological polar surface area (TPSA) is 41.8 Å². The zero-order chi connectivity index (χ0) is 9.38. The highest BCUT2D eigenvalue weighted by atomic mass is 16.3. The van der Waals surface area contributed by atoms with Crippen LogP contribution in [0.2, 0.25) is 0 Å². The molecule has 0 spiro atoms. The van der Waals surface area contributed by atoms with E-state index in [9.17, 15) is 0 Å². The summed E-state index contributed by atoms with van der Waals surface area (Å²) in [5.74, 6) is 0.883. The number of hydrogen-bond donors (Lipinski definition) is 1. The number of nitrogens with zero attached hydrogens (tertiary/aromatic N) is 1. The molecule has 68 valence electrons. The summed E-state index contributed by atoms with van der Waals surface area (Å²) in [6.07, 6.45) is 3.48. The Morgan fingerprint density at radius 1 is 1.21 bits per heavy atom. The van der Waals surface area contributed by atoms with Gasteiger partial charge in [0.15, 0.2) is 0 Å². The maximum atomic E-state index is 5.31. The molecular formula is C11H8N2O. The van der Waals surface area contributed by atoms with Crippen LogP contribution in [0.5, 0.6) is 0 Å². The average Bonchev–Trinajstić information content (AvgIpc) is 2.88. The third kappa shape index (κ3) is 1.03. The number of benzene rings is 1. The van der Waals surface area contributed by atoms with Gasteiger partial charge in [-0.1, -0.05) is 0 Å². The lowest BCUT2D eigenvalue weighted by Crippen LogP contribution is -1.73. The Kier molecular flexibility index (Phi) is 1.44. The second-order valence-corrected chi connectivity index (χ2v) is 3.15. The molecule has 0 aliphatic carbocycles. The lowest BCUT2D eigenvalue weighted by Gasteiger charge is -1.95. The number of aromatic amines is 1. The number of aromatic nitrogens is 2. The molecule has 1 N–H and O–H groups in total. The molecule has 0 aliphatic rings. The van der Waals surface area contributed by atoms with Crippen molar-refractivity contribution in [2.45, 2.75) is 0 Å². The Morgan fingerprint density at radius 3 is 3.07 bits per heavy atom. The monoisotopic (exact) mass is 184 g/mol. The van der Waals surface area contributed by atoms with Crippen LogP contribution in [0.4, 0.5) is 0 Å². The highest BCUT2D eigenvalue weighted by Crippen LogP contribution is 2.23. The Morgan fingerprint density at radius 2 is 2.21 bits per heavy atom. The molecule has 0 bridgehead atoms. The highest BCUT2D eigenvalue weighted by Gasteiger charge is 2.02. The van der Waals surface area contributed by atoms with Gasteiger partial charge in [0, 0.05) is 10.9 Å². The van der Waals surface area contributed by atoms with Crippen molar-refractivity contribution < 1.29 is 4.42 Å². The first kappa shape index (κ1) is 7.38. The van der Waals surface area contributed by atoms with Crippen LogP contribution in [0.1, 0.15) is 0 Å². The molecule has 0 unspecified atom stereocenters. The largest absolute Gasteiger partial charge is 0.464 e. The van der Waals surface area contributed by atoms with Gasteiger partial charge < -0.3 is 4.42 Å². The van der Waals surface area contributed by atoms with Crippen molar-refractivity contribution in [3.05, 3.63) is 42.8 Å². The number of rotatable bonds is 1. The van der Waals surface area contributed by atoms with Gasteiger partial charge in [-0.05, 0) is 30.3 Å². The Balaban J connectivity index is 2.23. The molecule has 0 atom stereocenters. The van der Waals surface area contributed by atoms with Gasteiger partial charge >= 0.3 is 0 Å². The molecule has 2 aromatic heterocycles. The second kappa shape index (κ2) is 2.73. The summed E-state index contributed by atoms with van der Waals surface area (Å²) in [5, 5.41) is 7.98. The maximum absolute atomic E-state index is 5.31. The van der Waals surface area contributed by atoms with Crippen LogP contribution < -0.4 is 0 Å². The van der Waals surface area contributed by atoms with E-state index in [-0.39, 0.29) is 0 Å². The van der Waals surface area contributed by atoms with Crippen molar-refractivity contribution in [3.8, 4) is 11.3 Å². The predicted molar refractivity (Wildman–Crippen MR) is 53.8 cm³/mol. The van der Waals surface area contributed by atoms with Crippen molar-refractivity contribution in [2.75, 3.05) is 0 Å². The highest BCUT2D eigenvalue weighted by molar-refractivity contribution is 5.82. The average molecular weight is 184 g/mol. The van der Waals surface area contributed by atoms with Crippen molar-refractivity contribution in [1.29, 1.82) is 0 Å². The van der Waals surface area contributed by atoms with Gasteiger partial charge in [-0.2, -0.15) is 5.10 Å². The predicted octanol–water partition coefficient (Wildman–Crippen LogP) is 2.82.